The van der Waals surface area contributed by atoms with Crippen molar-refractivity contribution in [1.29, 1.82) is 0 Å². The van der Waals surface area contributed by atoms with E-state index in [0.29, 0.717) is 6.42 Å². The van der Waals surface area contributed by atoms with E-state index in [1.165, 1.54) is 0 Å². The third kappa shape index (κ3) is 1.87. The molecule has 60 valence electrons. The zero-order chi connectivity index (χ0) is 8.36. The van der Waals surface area contributed by atoms with Gasteiger partial charge < -0.3 is 5.11 Å². The summed E-state index contributed by atoms with van der Waals surface area (Å²) >= 11 is 5.77. The molecule has 0 fully saturated rings. The summed E-state index contributed by atoms with van der Waals surface area (Å²) < 4.78 is 0. The van der Waals surface area contributed by atoms with Crippen LogP contribution in [0.4, 0.5) is 0 Å². The molecule has 0 bridgehead atoms. The molecule has 0 rings (SSSR count). The Labute approximate surface area is 66.2 Å². The van der Waals surface area contributed by atoms with Crippen LogP contribution >= 0.6 is 11.6 Å². The van der Waals surface area contributed by atoms with Crippen LogP contribution in [0.25, 0.3) is 0 Å². The molecule has 0 saturated carbocycles. The van der Waals surface area contributed by atoms with Crippen molar-refractivity contribution in [1.82, 2.24) is 0 Å². The topological polar surface area (TPSA) is 37.3 Å². The van der Waals surface area contributed by atoms with E-state index in [4.69, 9.17) is 16.7 Å². The summed E-state index contributed by atoms with van der Waals surface area (Å²) in [4.78, 5) is 10.5. The molecule has 0 aliphatic carbocycles. The van der Waals surface area contributed by atoms with Gasteiger partial charge in [-0.2, -0.15) is 0 Å². The van der Waals surface area contributed by atoms with Crippen LogP contribution < -0.4 is 0 Å². The first-order chi connectivity index (χ1) is 4.42. The Hall–Kier alpha value is -0.240. The highest BCUT2D eigenvalue weighted by molar-refractivity contribution is 6.22. The van der Waals surface area contributed by atoms with Gasteiger partial charge in [-0.3, -0.25) is 4.79 Å². The normalized spacial score (nSPS) is 14.8. The van der Waals surface area contributed by atoms with Crippen molar-refractivity contribution in [2.45, 2.75) is 32.6 Å². The molecular weight excluding hydrogens is 152 g/mol. The third-order valence-corrected chi connectivity index (χ3v) is 2.55. The number of halogens is 1. The van der Waals surface area contributed by atoms with E-state index in [1.807, 2.05) is 6.92 Å². The largest absolute Gasteiger partial charge is 0.481 e. The number of carbonyl (C=O) groups is 1. The van der Waals surface area contributed by atoms with E-state index in [9.17, 15) is 4.79 Å². The first kappa shape index (κ1) is 9.76. The molecule has 1 unspecified atom stereocenters. The second-order valence-electron chi connectivity index (χ2n) is 2.90. The summed E-state index contributed by atoms with van der Waals surface area (Å²) in [6.45, 7) is 5.15. The Balaban J connectivity index is 4.23. The van der Waals surface area contributed by atoms with Gasteiger partial charge in [0.25, 0.3) is 0 Å². The van der Waals surface area contributed by atoms with Crippen LogP contribution in [0.1, 0.15) is 27.2 Å². The molecule has 0 aromatic heterocycles. The summed E-state index contributed by atoms with van der Waals surface area (Å²) in [7, 11) is 0. The number of carboxylic acids is 1. The Morgan fingerprint density at radius 2 is 2.10 bits per heavy atom. The van der Waals surface area contributed by atoms with Gasteiger partial charge in [0.1, 0.15) is 0 Å². The maximum absolute atomic E-state index is 10.5. The third-order valence-electron chi connectivity index (χ3n) is 1.69. The quantitative estimate of drug-likeness (QED) is 0.649. The Morgan fingerprint density at radius 1 is 1.70 bits per heavy atom. The van der Waals surface area contributed by atoms with Gasteiger partial charge in [-0.1, -0.05) is 6.92 Å². The lowest BCUT2D eigenvalue weighted by atomic mass is 9.88. The summed E-state index contributed by atoms with van der Waals surface area (Å²) in [6, 6.07) is 0. The van der Waals surface area contributed by atoms with E-state index < -0.39 is 11.4 Å². The SMILES string of the molecule is CCC(Cl)C(C)(C)C(=O)O. The van der Waals surface area contributed by atoms with Gasteiger partial charge in [-0.05, 0) is 20.3 Å². The molecule has 0 heterocycles. The fourth-order valence-corrected chi connectivity index (χ4v) is 0.738. The number of hydrogen-bond acceptors (Lipinski definition) is 1. The first-order valence-corrected chi connectivity index (χ1v) is 3.74. The van der Waals surface area contributed by atoms with Gasteiger partial charge in [0.15, 0.2) is 0 Å². The molecule has 2 nitrogen and oxygen atoms in total. The highest BCUT2D eigenvalue weighted by atomic mass is 35.5. The van der Waals surface area contributed by atoms with Gasteiger partial charge >= 0.3 is 5.97 Å². The van der Waals surface area contributed by atoms with Crippen LogP contribution in [0, 0.1) is 5.41 Å². The average molecular weight is 165 g/mol. The molecule has 0 spiro atoms. The predicted molar refractivity (Wildman–Crippen MR) is 41.3 cm³/mol. The fraction of sp³-hybridized carbons (Fsp3) is 0.857. The van der Waals surface area contributed by atoms with Gasteiger partial charge in [-0.25, -0.2) is 0 Å². The lowest BCUT2D eigenvalue weighted by Crippen LogP contribution is -2.33. The number of aliphatic carboxylic acids is 1. The smallest absolute Gasteiger partial charge is 0.310 e. The van der Waals surface area contributed by atoms with Crippen LogP contribution in [0.3, 0.4) is 0 Å². The van der Waals surface area contributed by atoms with E-state index in [2.05, 4.69) is 0 Å². The Kier molecular flexibility index (Phi) is 3.16. The maximum atomic E-state index is 10.5. The number of rotatable bonds is 3. The minimum Gasteiger partial charge on any atom is -0.481 e. The van der Waals surface area contributed by atoms with Crippen LogP contribution in [0.2, 0.25) is 0 Å². The van der Waals surface area contributed by atoms with Gasteiger partial charge in [-0.15, -0.1) is 11.6 Å². The maximum Gasteiger partial charge on any atom is 0.310 e. The molecular formula is C7H13ClO2. The zero-order valence-electron chi connectivity index (χ0n) is 6.52. The Bertz CT molecular complexity index is 132. The highest BCUT2D eigenvalue weighted by Crippen LogP contribution is 2.27. The van der Waals surface area contributed by atoms with Crippen molar-refractivity contribution >= 4 is 17.6 Å². The van der Waals surface area contributed by atoms with Crippen molar-refractivity contribution in [3.05, 3.63) is 0 Å². The summed E-state index contributed by atoms with van der Waals surface area (Å²) in [5.74, 6) is -0.839. The second-order valence-corrected chi connectivity index (χ2v) is 3.43. The fourth-order valence-electron chi connectivity index (χ4n) is 0.644. The summed E-state index contributed by atoms with van der Waals surface area (Å²) in [5, 5.41) is 8.37. The molecule has 10 heavy (non-hydrogen) atoms. The minimum absolute atomic E-state index is 0.287. The molecule has 1 N–H and O–H groups in total. The molecule has 0 amide bonds. The highest BCUT2D eigenvalue weighted by Gasteiger charge is 2.34. The summed E-state index contributed by atoms with van der Waals surface area (Å²) in [6.07, 6.45) is 0.681. The number of alkyl halides is 1. The van der Waals surface area contributed by atoms with E-state index in [1.54, 1.807) is 13.8 Å². The lowest BCUT2D eigenvalue weighted by Gasteiger charge is -2.23. The monoisotopic (exact) mass is 164 g/mol. The minimum atomic E-state index is -0.839. The standard InChI is InChI=1S/C7H13ClO2/c1-4-5(8)7(2,3)6(9)10/h5H,4H2,1-3H3,(H,9,10). The zero-order valence-corrected chi connectivity index (χ0v) is 7.27. The van der Waals surface area contributed by atoms with Crippen molar-refractivity contribution in [3.63, 3.8) is 0 Å². The van der Waals surface area contributed by atoms with Crippen LogP contribution in [-0.4, -0.2) is 16.5 Å². The van der Waals surface area contributed by atoms with Gasteiger partial charge in [0.05, 0.1) is 5.41 Å². The lowest BCUT2D eigenvalue weighted by molar-refractivity contribution is -0.147. The molecule has 0 aliphatic rings. The van der Waals surface area contributed by atoms with Gasteiger partial charge in [0, 0.05) is 5.38 Å². The van der Waals surface area contributed by atoms with Crippen LogP contribution in [0.5, 0.6) is 0 Å². The molecule has 0 radical (unpaired) electrons. The second kappa shape index (κ2) is 3.24. The molecule has 0 aromatic rings. The predicted octanol–water partition coefficient (Wildman–Crippen LogP) is 2.11. The number of hydrogen-bond donors (Lipinski definition) is 1. The van der Waals surface area contributed by atoms with Crippen molar-refractivity contribution in [3.8, 4) is 0 Å². The van der Waals surface area contributed by atoms with Crippen molar-refractivity contribution in [2.75, 3.05) is 0 Å². The van der Waals surface area contributed by atoms with Crippen LogP contribution in [0.15, 0.2) is 0 Å². The van der Waals surface area contributed by atoms with E-state index >= 15 is 0 Å². The molecule has 0 aromatic carbocycles. The molecule has 0 aliphatic heterocycles. The first-order valence-electron chi connectivity index (χ1n) is 3.30. The Morgan fingerprint density at radius 3 is 2.20 bits per heavy atom. The van der Waals surface area contributed by atoms with E-state index in [-0.39, 0.29) is 5.38 Å². The average Bonchev–Trinajstić information content (AvgIpc) is 1.86. The van der Waals surface area contributed by atoms with Gasteiger partial charge in [0.2, 0.25) is 0 Å². The van der Waals surface area contributed by atoms with Crippen LogP contribution in [-0.2, 0) is 4.79 Å². The number of carboxylic acid groups (broad SMARTS) is 1. The van der Waals surface area contributed by atoms with E-state index in [0.717, 1.165) is 0 Å². The molecule has 0 saturated heterocycles. The molecule has 1 atom stereocenters. The van der Waals surface area contributed by atoms with Crippen molar-refractivity contribution < 1.29 is 9.90 Å². The molecule has 3 heteroatoms. The summed E-state index contributed by atoms with van der Waals surface area (Å²) in [5.41, 5.74) is -0.809. The van der Waals surface area contributed by atoms with Crippen molar-refractivity contribution in [2.24, 2.45) is 5.41 Å².